The first-order chi connectivity index (χ1) is 11.2. The Morgan fingerprint density at radius 2 is 1.54 bits per heavy atom. The molecule has 1 unspecified atom stereocenters. The number of hydrogen-bond donors (Lipinski definition) is 0. The Bertz CT molecular complexity index is 815. The predicted octanol–water partition coefficient (Wildman–Crippen LogP) is -5.46. The van der Waals surface area contributed by atoms with Gasteiger partial charge in [0.1, 0.15) is 19.7 Å². The van der Waals surface area contributed by atoms with Gasteiger partial charge in [-0.15, -0.1) is 0 Å². The number of ether oxygens (including phenoxy) is 1. The van der Waals surface area contributed by atoms with Crippen LogP contribution >= 0.6 is 7.37 Å². The SMILES string of the molecule is Cc1cc(OCC(=O)[O-])cc(C)c1C(=O)P(=O)([O-])c1ccccc1.[Na+].[Na+]. The molecule has 0 radical (unpaired) electrons. The first-order valence-electron chi connectivity index (χ1n) is 7.09. The fraction of sp³-hybridized carbons (Fsp3) is 0.176. The molecular formula is C17H15Na2O6P. The van der Waals surface area contributed by atoms with Crippen molar-refractivity contribution in [2.75, 3.05) is 6.61 Å². The minimum absolute atomic E-state index is 0. The molecular weight excluding hydrogens is 377 g/mol. The molecule has 2 rings (SSSR count). The van der Waals surface area contributed by atoms with Crippen molar-refractivity contribution in [1.29, 1.82) is 0 Å². The summed E-state index contributed by atoms with van der Waals surface area (Å²) in [4.78, 5) is 35.5. The Labute approximate surface area is 196 Å². The molecule has 126 valence electrons. The Hall–Kier alpha value is -0.430. The van der Waals surface area contributed by atoms with Crippen molar-refractivity contribution < 1.29 is 88.0 Å². The average Bonchev–Trinajstić information content (AvgIpc) is 2.53. The molecule has 26 heavy (non-hydrogen) atoms. The predicted molar refractivity (Wildman–Crippen MR) is 84.4 cm³/mol. The second kappa shape index (κ2) is 10.8. The zero-order chi connectivity index (χ0) is 17.9. The van der Waals surface area contributed by atoms with Crippen LogP contribution in [-0.2, 0) is 9.36 Å². The van der Waals surface area contributed by atoms with E-state index in [1.807, 2.05) is 0 Å². The van der Waals surface area contributed by atoms with Gasteiger partial charge in [-0.2, -0.15) is 0 Å². The van der Waals surface area contributed by atoms with Crippen LogP contribution < -0.4 is 79.2 Å². The summed E-state index contributed by atoms with van der Waals surface area (Å²) in [7, 11) is -4.49. The summed E-state index contributed by atoms with van der Waals surface area (Å²) in [6.07, 6.45) is 0. The van der Waals surface area contributed by atoms with E-state index in [1.54, 1.807) is 32.0 Å². The van der Waals surface area contributed by atoms with Gasteiger partial charge in [0.15, 0.2) is 0 Å². The van der Waals surface area contributed by atoms with Crippen LogP contribution in [0.1, 0.15) is 21.5 Å². The molecule has 0 saturated heterocycles. The molecule has 2 aromatic rings. The van der Waals surface area contributed by atoms with E-state index in [-0.39, 0.29) is 75.7 Å². The number of benzene rings is 2. The van der Waals surface area contributed by atoms with Gasteiger partial charge in [-0.25, -0.2) is 0 Å². The average molecular weight is 392 g/mol. The molecule has 0 aliphatic carbocycles. The summed E-state index contributed by atoms with van der Waals surface area (Å²) in [5.74, 6) is -1.15. The van der Waals surface area contributed by atoms with Crippen molar-refractivity contribution in [3.8, 4) is 5.75 Å². The van der Waals surface area contributed by atoms with E-state index in [0.717, 1.165) is 0 Å². The Morgan fingerprint density at radius 1 is 1.04 bits per heavy atom. The van der Waals surface area contributed by atoms with Crippen molar-refractivity contribution in [1.82, 2.24) is 0 Å². The van der Waals surface area contributed by atoms with Crippen molar-refractivity contribution in [2.45, 2.75) is 13.8 Å². The number of carbonyl (C=O) groups excluding carboxylic acids is 2. The quantitative estimate of drug-likeness (QED) is 0.359. The van der Waals surface area contributed by atoms with Crippen molar-refractivity contribution >= 4 is 24.2 Å². The van der Waals surface area contributed by atoms with Crippen molar-refractivity contribution in [3.05, 3.63) is 59.2 Å². The molecule has 2 aromatic carbocycles. The molecule has 0 spiro atoms. The standard InChI is InChI=1S/C17H17O6P.2Na/c1-11-8-13(23-10-15(18)19)9-12(2)16(11)17(20)24(21,22)14-6-4-3-5-7-14;;/h3-9H,10H2,1-2H3,(H,18,19)(H,21,22);;/q;2*+1/p-2. The van der Waals surface area contributed by atoms with Gasteiger partial charge in [0.25, 0.3) is 0 Å². The minimum atomic E-state index is -4.49. The maximum Gasteiger partial charge on any atom is 1.00 e. The van der Waals surface area contributed by atoms with Crippen LogP contribution in [-0.4, -0.2) is 18.1 Å². The topological polar surface area (TPSA) is 107 Å². The molecule has 0 amide bonds. The number of carboxylic acid groups (broad SMARTS) is 1. The normalized spacial score (nSPS) is 12.1. The Morgan fingerprint density at radius 3 is 2.00 bits per heavy atom. The molecule has 0 fully saturated rings. The van der Waals surface area contributed by atoms with E-state index in [4.69, 9.17) is 4.74 Å². The van der Waals surface area contributed by atoms with Crippen LogP contribution in [0.4, 0.5) is 0 Å². The minimum Gasteiger partial charge on any atom is -0.790 e. The van der Waals surface area contributed by atoms with E-state index in [2.05, 4.69) is 0 Å². The summed E-state index contributed by atoms with van der Waals surface area (Å²) in [5, 5.41) is 10.4. The fourth-order valence-electron chi connectivity index (χ4n) is 2.38. The number of carboxylic acids is 1. The molecule has 0 aliphatic heterocycles. The number of rotatable bonds is 6. The third-order valence-electron chi connectivity index (χ3n) is 3.44. The first kappa shape index (κ1) is 25.6. The smallest absolute Gasteiger partial charge is 0.790 e. The van der Waals surface area contributed by atoms with Gasteiger partial charge in [-0.3, -0.25) is 4.79 Å². The largest absolute Gasteiger partial charge is 1.00 e. The summed E-state index contributed by atoms with van der Waals surface area (Å²) in [6, 6.07) is 10.3. The van der Waals surface area contributed by atoms with Crippen LogP contribution in [0.5, 0.6) is 5.75 Å². The van der Waals surface area contributed by atoms with Crippen molar-refractivity contribution in [3.63, 3.8) is 0 Å². The Balaban J connectivity index is 0.00000312. The second-order valence-corrected chi connectivity index (χ2v) is 7.31. The van der Waals surface area contributed by atoms with Crippen molar-refractivity contribution in [2.24, 2.45) is 0 Å². The third-order valence-corrected chi connectivity index (χ3v) is 5.18. The van der Waals surface area contributed by atoms with Gasteiger partial charge < -0.3 is 24.1 Å². The molecule has 0 aliphatic rings. The zero-order valence-electron chi connectivity index (χ0n) is 15.1. The van der Waals surface area contributed by atoms with Gasteiger partial charge in [-0.05, 0) is 37.1 Å². The van der Waals surface area contributed by atoms with Crippen LogP contribution in [0.15, 0.2) is 42.5 Å². The van der Waals surface area contributed by atoms with Gasteiger partial charge in [0.05, 0.1) is 5.97 Å². The number of aliphatic carboxylic acids is 1. The number of aryl methyl sites for hydroxylation is 2. The zero-order valence-corrected chi connectivity index (χ0v) is 20.0. The number of carbonyl (C=O) groups is 2. The molecule has 0 saturated carbocycles. The van der Waals surface area contributed by atoms with E-state index < -0.39 is 25.5 Å². The molecule has 0 heterocycles. The second-order valence-electron chi connectivity index (χ2n) is 5.28. The molecule has 0 bridgehead atoms. The monoisotopic (exact) mass is 392 g/mol. The fourth-order valence-corrected chi connectivity index (χ4v) is 3.82. The third kappa shape index (κ3) is 6.04. The van der Waals surface area contributed by atoms with Crippen LogP contribution in [0.25, 0.3) is 0 Å². The van der Waals surface area contributed by atoms with Crippen LogP contribution in [0, 0.1) is 13.8 Å². The first-order valence-corrected chi connectivity index (χ1v) is 8.71. The molecule has 0 aromatic heterocycles. The van der Waals surface area contributed by atoms with E-state index in [0.29, 0.717) is 11.1 Å². The van der Waals surface area contributed by atoms with Gasteiger partial charge in [0, 0.05) is 10.9 Å². The maximum absolute atomic E-state index is 12.6. The maximum atomic E-state index is 12.6. The summed E-state index contributed by atoms with van der Waals surface area (Å²) < 4.78 is 17.5. The van der Waals surface area contributed by atoms with Gasteiger partial charge >= 0.3 is 59.1 Å². The van der Waals surface area contributed by atoms with E-state index >= 15 is 0 Å². The van der Waals surface area contributed by atoms with E-state index in [1.165, 1.54) is 24.3 Å². The summed E-state index contributed by atoms with van der Waals surface area (Å²) >= 11 is 0. The summed E-state index contributed by atoms with van der Waals surface area (Å²) in [5.41, 5.74) is -0.131. The Kier molecular flexibility index (Phi) is 10.6. The molecule has 0 N–H and O–H groups in total. The van der Waals surface area contributed by atoms with Gasteiger partial charge in [-0.1, -0.05) is 30.3 Å². The van der Waals surface area contributed by atoms with Gasteiger partial charge in [0.2, 0.25) is 5.52 Å². The molecule has 9 heteroatoms. The molecule has 1 atom stereocenters. The molecule has 6 nitrogen and oxygen atoms in total. The number of hydrogen-bond acceptors (Lipinski definition) is 6. The van der Waals surface area contributed by atoms with Crippen LogP contribution in [0.2, 0.25) is 0 Å². The summed E-state index contributed by atoms with van der Waals surface area (Å²) in [6.45, 7) is 2.50. The van der Waals surface area contributed by atoms with E-state index in [9.17, 15) is 24.2 Å². The van der Waals surface area contributed by atoms with Crippen LogP contribution in [0.3, 0.4) is 0 Å².